The lowest BCUT2D eigenvalue weighted by molar-refractivity contribution is 0.275. The van der Waals surface area contributed by atoms with Crippen molar-refractivity contribution in [2.45, 2.75) is 19.9 Å². The molecular weight excluding hydrogens is 292 g/mol. The maximum absolute atomic E-state index is 5.87. The van der Waals surface area contributed by atoms with Gasteiger partial charge in [-0.25, -0.2) is 0 Å². The Kier molecular flexibility index (Phi) is 4.86. The Bertz CT molecular complexity index is 539. The van der Waals surface area contributed by atoms with Crippen molar-refractivity contribution < 1.29 is 0 Å². The number of halogens is 1. The lowest BCUT2D eigenvalue weighted by Gasteiger charge is -2.22. The minimum Gasteiger partial charge on any atom is -0.330 e. The van der Waals surface area contributed by atoms with Crippen molar-refractivity contribution in [3.05, 3.63) is 28.6 Å². The summed E-state index contributed by atoms with van der Waals surface area (Å²) in [5.74, 6) is 0. The Morgan fingerprint density at radius 1 is 1.55 bits per heavy atom. The van der Waals surface area contributed by atoms with E-state index >= 15 is 0 Å². The molecule has 1 atom stereocenters. The van der Waals surface area contributed by atoms with E-state index < -0.39 is 0 Å². The maximum Gasteiger partial charge on any atom is 0.0703 e. The molecule has 3 rings (SSSR count). The quantitative estimate of drug-likeness (QED) is 0.912. The molecule has 0 aliphatic carbocycles. The molecule has 1 aliphatic rings. The molecule has 1 unspecified atom stereocenters. The third-order valence-corrected chi connectivity index (χ3v) is 4.73. The van der Waals surface area contributed by atoms with Crippen LogP contribution in [-0.2, 0) is 6.54 Å². The second-order valence-electron chi connectivity index (χ2n) is 5.76. The van der Waals surface area contributed by atoms with Gasteiger partial charge in [-0.05, 0) is 36.4 Å². The monoisotopic (exact) mass is 312 g/mol. The van der Waals surface area contributed by atoms with Gasteiger partial charge in [0.15, 0.2) is 0 Å². The molecule has 2 aromatic rings. The third-order valence-electron chi connectivity index (χ3n) is 4.05. The second kappa shape index (κ2) is 6.26. The van der Waals surface area contributed by atoms with Gasteiger partial charge in [-0.1, -0.05) is 6.92 Å². The Balaban J connectivity index is 0.00000147. The van der Waals surface area contributed by atoms with Crippen molar-refractivity contribution in [3.8, 4) is 11.3 Å². The molecule has 0 saturated carbocycles. The highest BCUT2D eigenvalue weighted by Crippen LogP contribution is 2.31. The van der Waals surface area contributed by atoms with E-state index in [2.05, 4.69) is 38.8 Å². The topological polar surface area (TPSA) is 57.9 Å². The van der Waals surface area contributed by atoms with E-state index in [4.69, 9.17) is 5.73 Å². The number of aromatic amines is 1. The number of rotatable bonds is 4. The number of hydrogen-bond acceptors (Lipinski definition) is 4. The average molecular weight is 313 g/mol. The number of nitrogens with zero attached hydrogens (tertiary/aromatic N) is 2. The highest BCUT2D eigenvalue weighted by atomic mass is 35.5. The van der Waals surface area contributed by atoms with Crippen molar-refractivity contribution in [3.63, 3.8) is 0 Å². The summed E-state index contributed by atoms with van der Waals surface area (Å²) in [6.45, 7) is 6.21. The van der Waals surface area contributed by atoms with Gasteiger partial charge in [0.05, 0.1) is 11.9 Å². The molecule has 1 fully saturated rings. The van der Waals surface area contributed by atoms with Crippen molar-refractivity contribution in [2.75, 3.05) is 19.6 Å². The van der Waals surface area contributed by atoms with Crippen molar-refractivity contribution in [1.82, 2.24) is 15.1 Å². The van der Waals surface area contributed by atoms with Gasteiger partial charge in [-0.15, -0.1) is 12.4 Å². The largest absolute Gasteiger partial charge is 0.330 e. The molecule has 4 nitrogen and oxygen atoms in total. The summed E-state index contributed by atoms with van der Waals surface area (Å²) >= 11 is 1.71. The van der Waals surface area contributed by atoms with Crippen molar-refractivity contribution in [2.24, 2.45) is 11.1 Å². The van der Waals surface area contributed by atoms with Gasteiger partial charge in [-0.3, -0.25) is 10.00 Å². The Hall–Kier alpha value is -0.880. The van der Waals surface area contributed by atoms with Crippen molar-refractivity contribution in [1.29, 1.82) is 0 Å². The van der Waals surface area contributed by atoms with E-state index in [1.807, 2.05) is 6.20 Å². The summed E-state index contributed by atoms with van der Waals surface area (Å²) in [5, 5.41) is 11.6. The third kappa shape index (κ3) is 3.06. The van der Waals surface area contributed by atoms with E-state index in [0.717, 1.165) is 31.9 Å². The molecule has 0 bridgehead atoms. The maximum atomic E-state index is 5.87. The molecule has 6 heteroatoms. The van der Waals surface area contributed by atoms with Crippen LogP contribution in [0.4, 0.5) is 0 Å². The molecule has 0 radical (unpaired) electrons. The minimum atomic E-state index is 0. The summed E-state index contributed by atoms with van der Waals surface area (Å²) in [7, 11) is 0. The van der Waals surface area contributed by atoms with Gasteiger partial charge in [0.25, 0.3) is 0 Å². The molecule has 3 heterocycles. The number of H-pyrrole nitrogens is 1. The Morgan fingerprint density at radius 2 is 2.40 bits per heavy atom. The molecule has 1 aliphatic heterocycles. The van der Waals surface area contributed by atoms with Gasteiger partial charge in [0.1, 0.15) is 0 Å². The first-order valence-electron chi connectivity index (χ1n) is 6.67. The van der Waals surface area contributed by atoms with Gasteiger partial charge in [0.2, 0.25) is 0 Å². The molecule has 110 valence electrons. The summed E-state index contributed by atoms with van der Waals surface area (Å²) in [5.41, 5.74) is 9.82. The van der Waals surface area contributed by atoms with E-state index in [0.29, 0.717) is 0 Å². The molecular formula is C14H21ClN4S. The Morgan fingerprint density at radius 3 is 3.05 bits per heavy atom. The lowest BCUT2D eigenvalue weighted by Crippen LogP contribution is -2.31. The number of aromatic nitrogens is 2. The van der Waals surface area contributed by atoms with E-state index in [1.54, 1.807) is 11.3 Å². The summed E-state index contributed by atoms with van der Waals surface area (Å²) in [4.78, 5) is 2.48. The van der Waals surface area contributed by atoms with Crippen LogP contribution in [0.5, 0.6) is 0 Å². The molecule has 0 amide bonds. The predicted molar refractivity (Wildman–Crippen MR) is 86.2 cm³/mol. The molecule has 1 saturated heterocycles. The highest BCUT2D eigenvalue weighted by molar-refractivity contribution is 7.08. The SMILES string of the molecule is CC1(CN)CCN(Cc2cn[nH]c2-c2ccsc2)C1.Cl. The molecule has 0 spiro atoms. The summed E-state index contributed by atoms with van der Waals surface area (Å²) in [6.07, 6.45) is 3.14. The zero-order chi connectivity index (χ0) is 13.3. The van der Waals surface area contributed by atoms with Crippen LogP contribution in [0, 0.1) is 5.41 Å². The minimum absolute atomic E-state index is 0. The van der Waals surface area contributed by atoms with E-state index in [-0.39, 0.29) is 17.8 Å². The predicted octanol–water partition coefficient (Wildman–Crippen LogP) is 2.73. The second-order valence-corrected chi connectivity index (χ2v) is 6.54. The highest BCUT2D eigenvalue weighted by Gasteiger charge is 2.32. The van der Waals surface area contributed by atoms with Crippen LogP contribution in [0.25, 0.3) is 11.3 Å². The molecule has 2 aromatic heterocycles. The molecule has 20 heavy (non-hydrogen) atoms. The number of hydrogen-bond donors (Lipinski definition) is 2. The first-order valence-corrected chi connectivity index (χ1v) is 7.62. The first-order chi connectivity index (χ1) is 9.20. The standard InChI is InChI=1S/C14H20N4S.ClH/c1-14(9-15)3-4-18(10-14)7-12-6-16-17-13(12)11-2-5-19-8-11;/h2,5-6,8H,3-4,7,9-10,15H2,1H3,(H,16,17);1H. The number of nitrogens with one attached hydrogen (secondary N) is 1. The van der Waals surface area contributed by atoms with Gasteiger partial charge in [-0.2, -0.15) is 16.4 Å². The molecule has 0 aromatic carbocycles. The number of likely N-dealkylation sites (tertiary alicyclic amines) is 1. The Labute approximate surface area is 129 Å². The van der Waals surface area contributed by atoms with Gasteiger partial charge >= 0.3 is 0 Å². The van der Waals surface area contributed by atoms with E-state index in [1.165, 1.54) is 17.5 Å². The molecule has 3 N–H and O–H groups in total. The van der Waals surface area contributed by atoms with Crippen molar-refractivity contribution >= 4 is 23.7 Å². The van der Waals surface area contributed by atoms with E-state index in [9.17, 15) is 0 Å². The van der Waals surface area contributed by atoms with Gasteiger partial charge < -0.3 is 5.73 Å². The first kappa shape index (κ1) is 15.5. The van der Waals surface area contributed by atoms with Crippen LogP contribution < -0.4 is 5.73 Å². The van der Waals surface area contributed by atoms with Crippen LogP contribution in [0.1, 0.15) is 18.9 Å². The fourth-order valence-electron chi connectivity index (χ4n) is 2.76. The average Bonchev–Trinajstić information content (AvgIpc) is 3.11. The van der Waals surface area contributed by atoms with Gasteiger partial charge in [0, 0.05) is 29.6 Å². The fourth-order valence-corrected chi connectivity index (χ4v) is 3.40. The van der Waals surface area contributed by atoms with Crippen LogP contribution in [0.3, 0.4) is 0 Å². The van der Waals surface area contributed by atoms with Crippen LogP contribution >= 0.6 is 23.7 Å². The fraction of sp³-hybridized carbons (Fsp3) is 0.500. The number of thiophene rings is 1. The van der Waals surface area contributed by atoms with Crippen LogP contribution in [0.15, 0.2) is 23.0 Å². The van der Waals surface area contributed by atoms with Crippen LogP contribution in [0.2, 0.25) is 0 Å². The number of nitrogens with two attached hydrogens (primary N) is 1. The summed E-state index contributed by atoms with van der Waals surface area (Å²) in [6, 6.07) is 2.13. The normalized spacial score (nSPS) is 22.9. The smallest absolute Gasteiger partial charge is 0.0703 e. The zero-order valence-corrected chi connectivity index (χ0v) is 13.3. The zero-order valence-electron chi connectivity index (χ0n) is 11.6. The van der Waals surface area contributed by atoms with Crippen LogP contribution in [-0.4, -0.2) is 34.7 Å². The lowest BCUT2D eigenvalue weighted by atomic mass is 9.90. The summed E-state index contributed by atoms with van der Waals surface area (Å²) < 4.78 is 0.